The third-order valence-corrected chi connectivity index (χ3v) is 4.07. The molecule has 2 aromatic rings. The Kier molecular flexibility index (Phi) is 5.68. The molecule has 0 unspecified atom stereocenters. The Morgan fingerprint density at radius 1 is 1.43 bits per heavy atom. The summed E-state index contributed by atoms with van der Waals surface area (Å²) in [4.78, 5) is 12.4. The van der Waals surface area contributed by atoms with E-state index >= 15 is 0 Å². The van der Waals surface area contributed by atoms with E-state index in [0.29, 0.717) is 6.04 Å². The number of nitrogens with zero attached hydrogens (tertiary/aromatic N) is 4. The summed E-state index contributed by atoms with van der Waals surface area (Å²) in [6.07, 6.45) is 3.29. The number of amides is 1. The second-order valence-electron chi connectivity index (χ2n) is 5.82. The van der Waals surface area contributed by atoms with E-state index in [0.717, 1.165) is 36.3 Å². The van der Waals surface area contributed by atoms with E-state index in [1.54, 1.807) is 11.0 Å². The van der Waals surface area contributed by atoms with Crippen LogP contribution in [-0.4, -0.2) is 38.7 Å². The fourth-order valence-corrected chi connectivity index (χ4v) is 2.82. The van der Waals surface area contributed by atoms with Crippen molar-refractivity contribution in [1.29, 1.82) is 0 Å². The Morgan fingerprint density at radius 3 is 2.96 bits per heavy atom. The van der Waals surface area contributed by atoms with Crippen molar-refractivity contribution in [3.8, 4) is 5.69 Å². The molecule has 1 amide bonds. The molecule has 124 valence electrons. The van der Waals surface area contributed by atoms with Gasteiger partial charge in [-0.25, -0.2) is 4.68 Å². The number of aryl methyl sites for hydroxylation is 1. The van der Waals surface area contributed by atoms with E-state index in [1.807, 2.05) is 25.1 Å². The van der Waals surface area contributed by atoms with Crippen LogP contribution in [0.3, 0.4) is 0 Å². The van der Waals surface area contributed by atoms with E-state index in [2.05, 4.69) is 33.1 Å². The molecule has 8 heteroatoms. The van der Waals surface area contributed by atoms with Gasteiger partial charge in [-0.2, -0.15) is 0 Å². The summed E-state index contributed by atoms with van der Waals surface area (Å²) in [5.74, 6) is 0.147. The molecule has 0 saturated carbocycles. The van der Waals surface area contributed by atoms with Gasteiger partial charge < -0.3 is 10.6 Å². The lowest BCUT2D eigenvalue weighted by Crippen LogP contribution is -2.40. The standard InChI is InChI=1S/C15H20N6O.ClH/c1-10-3-4-13(8-14(10)21-9-17-19-20-21)18-15(22)12-5-6-16-11(2)7-12;/h3-4,8-9,11-12,16H,5-7H2,1-2H3,(H,18,22);1H/t11-,12-;/m0./s1. The lowest BCUT2D eigenvalue weighted by Gasteiger charge is -2.27. The van der Waals surface area contributed by atoms with Crippen LogP contribution >= 0.6 is 12.4 Å². The minimum Gasteiger partial charge on any atom is -0.326 e. The van der Waals surface area contributed by atoms with Crippen molar-refractivity contribution in [2.24, 2.45) is 5.92 Å². The van der Waals surface area contributed by atoms with Crippen LogP contribution < -0.4 is 10.6 Å². The summed E-state index contributed by atoms with van der Waals surface area (Å²) in [5.41, 5.74) is 2.68. The highest BCUT2D eigenvalue weighted by Crippen LogP contribution is 2.21. The van der Waals surface area contributed by atoms with Gasteiger partial charge in [-0.3, -0.25) is 4.79 Å². The predicted octanol–water partition coefficient (Wildman–Crippen LogP) is 1.72. The summed E-state index contributed by atoms with van der Waals surface area (Å²) >= 11 is 0. The molecule has 0 aliphatic carbocycles. The minimum absolute atomic E-state index is 0. The van der Waals surface area contributed by atoms with Crippen molar-refractivity contribution in [3.05, 3.63) is 30.1 Å². The number of carbonyl (C=O) groups excluding carboxylic acids is 1. The van der Waals surface area contributed by atoms with Gasteiger partial charge in [0.2, 0.25) is 5.91 Å². The second kappa shape index (κ2) is 7.52. The summed E-state index contributed by atoms with van der Waals surface area (Å²) < 4.78 is 1.59. The molecule has 0 radical (unpaired) electrons. The number of carbonyl (C=O) groups is 1. The summed E-state index contributed by atoms with van der Waals surface area (Å²) in [6, 6.07) is 6.15. The molecule has 0 bridgehead atoms. The van der Waals surface area contributed by atoms with Crippen molar-refractivity contribution in [1.82, 2.24) is 25.5 Å². The number of hydrogen-bond acceptors (Lipinski definition) is 5. The number of tetrazole rings is 1. The van der Waals surface area contributed by atoms with Gasteiger partial charge in [0, 0.05) is 17.6 Å². The van der Waals surface area contributed by atoms with Crippen molar-refractivity contribution in [2.75, 3.05) is 11.9 Å². The van der Waals surface area contributed by atoms with Crippen LogP contribution in [0.25, 0.3) is 5.69 Å². The van der Waals surface area contributed by atoms with Crippen LogP contribution in [0.15, 0.2) is 24.5 Å². The molecule has 7 nitrogen and oxygen atoms in total. The largest absolute Gasteiger partial charge is 0.326 e. The lowest BCUT2D eigenvalue weighted by molar-refractivity contribution is -0.120. The van der Waals surface area contributed by atoms with Gasteiger partial charge in [-0.15, -0.1) is 17.5 Å². The first-order chi connectivity index (χ1) is 10.6. The second-order valence-corrected chi connectivity index (χ2v) is 5.82. The molecule has 0 spiro atoms. The van der Waals surface area contributed by atoms with Crippen LogP contribution in [0, 0.1) is 12.8 Å². The maximum absolute atomic E-state index is 12.4. The molecular weight excluding hydrogens is 316 g/mol. The highest BCUT2D eigenvalue weighted by atomic mass is 35.5. The summed E-state index contributed by atoms with van der Waals surface area (Å²) in [7, 11) is 0. The SMILES string of the molecule is Cc1ccc(NC(=O)[C@H]2CCN[C@@H](C)C2)cc1-n1cnnn1.Cl. The first kappa shape index (κ1) is 17.4. The van der Waals surface area contributed by atoms with E-state index in [1.165, 1.54) is 0 Å². The molecule has 1 aromatic carbocycles. The van der Waals surface area contributed by atoms with Crippen molar-refractivity contribution in [2.45, 2.75) is 32.7 Å². The van der Waals surface area contributed by atoms with Gasteiger partial charge in [-0.1, -0.05) is 6.07 Å². The Bertz CT molecular complexity index is 660. The fraction of sp³-hybridized carbons (Fsp3) is 0.467. The Hall–Kier alpha value is -1.99. The van der Waals surface area contributed by atoms with Gasteiger partial charge in [0.05, 0.1) is 5.69 Å². The number of nitrogens with one attached hydrogen (secondary N) is 2. The van der Waals surface area contributed by atoms with E-state index in [-0.39, 0.29) is 24.2 Å². The van der Waals surface area contributed by atoms with Crippen molar-refractivity contribution < 1.29 is 4.79 Å². The normalized spacial score (nSPS) is 20.6. The van der Waals surface area contributed by atoms with Gasteiger partial charge in [0.1, 0.15) is 6.33 Å². The Labute approximate surface area is 141 Å². The number of rotatable bonds is 3. The molecule has 2 heterocycles. The van der Waals surface area contributed by atoms with Crippen LogP contribution in [0.1, 0.15) is 25.3 Å². The van der Waals surface area contributed by atoms with Crippen LogP contribution in [0.2, 0.25) is 0 Å². The molecule has 1 saturated heterocycles. The highest BCUT2D eigenvalue weighted by molar-refractivity contribution is 5.93. The van der Waals surface area contributed by atoms with Gasteiger partial charge in [-0.05, 0) is 61.4 Å². The molecule has 1 aromatic heterocycles. The van der Waals surface area contributed by atoms with E-state index in [9.17, 15) is 4.79 Å². The third-order valence-electron chi connectivity index (χ3n) is 4.07. The molecule has 1 aliphatic rings. The first-order valence-corrected chi connectivity index (χ1v) is 7.52. The average molecular weight is 337 g/mol. The number of hydrogen-bond donors (Lipinski definition) is 2. The van der Waals surface area contributed by atoms with Gasteiger partial charge >= 0.3 is 0 Å². The highest BCUT2D eigenvalue weighted by Gasteiger charge is 2.24. The molecule has 1 aliphatic heterocycles. The first-order valence-electron chi connectivity index (χ1n) is 7.52. The zero-order valence-corrected chi connectivity index (χ0v) is 14.0. The number of piperidine rings is 1. The zero-order chi connectivity index (χ0) is 15.5. The van der Waals surface area contributed by atoms with Gasteiger partial charge in [0.15, 0.2) is 0 Å². The number of halogens is 1. The number of aromatic nitrogens is 4. The van der Waals surface area contributed by atoms with Gasteiger partial charge in [0.25, 0.3) is 0 Å². The molecule has 23 heavy (non-hydrogen) atoms. The van der Waals surface area contributed by atoms with Crippen LogP contribution in [0.4, 0.5) is 5.69 Å². The molecule has 1 fully saturated rings. The Morgan fingerprint density at radius 2 is 2.26 bits per heavy atom. The molecule has 3 rings (SSSR count). The van der Waals surface area contributed by atoms with Crippen LogP contribution in [0.5, 0.6) is 0 Å². The Balaban J connectivity index is 0.00000192. The number of benzene rings is 1. The monoisotopic (exact) mass is 336 g/mol. The predicted molar refractivity (Wildman–Crippen MR) is 90.0 cm³/mol. The average Bonchev–Trinajstić information content (AvgIpc) is 3.03. The summed E-state index contributed by atoms with van der Waals surface area (Å²) in [5, 5.41) is 17.6. The quantitative estimate of drug-likeness (QED) is 0.891. The minimum atomic E-state index is 0. The van der Waals surface area contributed by atoms with E-state index in [4.69, 9.17) is 0 Å². The smallest absolute Gasteiger partial charge is 0.227 e. The van der Waals surface area contributed by atoms with Crippen LogP contribution in [-0.2, 0) is 4.79 Å². The third kappa shape index (κ3) is 4.05. The maximum Gasteiger partial charge on any atom is 0.227 e. The van der Waals surface area contributed by atoms with E-state index < -0.39 is 0 Å². The molecular formula is C15H21ClN6O. The number of anilines is 1. The van der Waals surface area contributed by atoms with Crippen molar-refractivity contribution in [3.63, 3.8) is 0 Å². The van der Waals surface area contributed by atoms with Crippen molar-refractivity contribution >= 4 is 24.0 Å². The fourth-order valence-electron chi connectivity index (χ4n) is 2.82. The zero-order valence-electron chi connectivity index (χ0n) is 13.2. The molecule has 2 N–H and O–H groups in total. The maximum atomic E-state index is 12.4. The lowest BCUT2D eigenvalue weighted by atomic mass is 9.92. The topological polar surface area (TPSA) is 84.7 Å². The summed E-state index contributed by atoms with van der Waals surface area (Å²) in [6.45, 7) is 4.99. The molecule has 2 atom stereocenters.